The molecule has 25 heavy (non-hydrogen) atoms. The maximum Gasteiger partial charge on any atom is 0.269 e. The molecule has 1 heterocycles. The standard InChI is InChI=1S/C18H15N3O3S/c22-17(13-6-8-16(9-7-13)21(23)24)19-11-10-15-12-25-18(20-15)14-4-2-1-3-5-14/h1-9,12H,10-11H2,(H,19,22). The van der Waals surface area contributed by atoms with Crippen molar-refractivity contribution in [2.45, 2.75) is 6.42 Å². The van der Waals surface area contributed by atoms with Gasteiger partial charge < -0.3 is 5.32 Å². The van der Waals surface area contributed by atoms with Gasteiger partial charge in [-0.25, -0.2) is 4.98 Å². The minimum Gasteiger partial charge on any atom is -0.352 e. The monoisotopic (exact) mass is 353 g/mol. The number of nitrogens with one attached hydrogen (secondary N) is 1. The lowest BCUT2D eigenvalue weighted by Gasteiger charge is -2.04. The van der Waals surface area contributed by atoms with Crippen molar-refractivity contribution in [1.82, 2.24) is 10.3 Å². The first-order valence-corrected chi connectivity index (χ1v) is 8.54. The summed E-state index contributed by atoms with van der Waals surface area (Å²) >= 11 is 1.57. The van der Waals surface area contributed by atoms with Crippen molar-refractivity contribution in [2.75, 3.05) is 6.54 Å². The van der Waals surface area contributed by atoms with E-state index in [1.807, 2.05) is 35.7 Å². The SMILES string of the molecule is O=C(NCCc1csc(-c2ccccc2)n1)c1ccc([N+](=O)[O-])cc1. The Labute approximate surface area is 148 Å². The zero-order valence-corrected chi connectivity index (χ0v) is 14.0. The summed E-state index contributed by atoms with van der Waals surface area (Å²) in [5.74, 6) is -0.256. The number of nitrogens with zero attached hydrogens (tertiary/aromatic N) is 2. The number of rotatable bonds is 6. The van der Waals surface area contributed by atoms with Crippen molar-refractivity contribution >= 4 is 22.9 Å². The van der Waals surface area contributed by atoms with Crippen LogP contribution in [0.1, 0.15) is 16.1 Å². The molecule has 0 unspecified atom stereocenters. The second kappa shape index (κ2) is 7.67. The number of aromatic nitrogens is 1. The van der Waals surface area contributed by atoms with E-state index in [0.29, 0.717) is 18.5 Å². The summed E-state index contributed by atoms with van der Waals surface area (Å²) in [6.07, 6.45) is 0.627. The number of carbonyl (C=O) groups excluding carboxylic acids is 1. The zero-order valence-electron chi connectivity index (χ0n) is 13.2. The molecule has 0 radical (unpaired) electrons. The second-order valence-electron chi connectivity index (χ2n) is 5.32. The number of non-ortho nitro benzene ring substituents is 1. The average Bonchev–Trinajstić information content (AvgIpc) is 3.11. The second-order valence-corrected chi connectivity index (χ2v) is 6.18. The highest BCUT2D eigenvalue weighted by Gasteiger charge is 2.10. The summed E-state index contributed by atoms with van der Waals surface area (Å²) in [6.45, 7) is 0.452. The van der Waals surface area contributed by atoms with Gasteiger partial charge in [-0.1, -0.05) is 30.3 Å². The van der Waals surface area contributed by atoms with Crippen molar-refractivity contribution in [2.24, 2.45) is 0 Å². The molecular formula is C18H15N3O3S. The topological polar surface area (TPSA) is 85.1 Å². The van der Waals surface area contributed by atoms with E-state index in [2.05, 4.69) is 10.3 Å². The van der Waals surface area contributed by atoms with Crippen LogP contribution in [0.5, 0.6) is 0 Å². The predicted octanol–water partition coefficient (Wildman–Crippen LogP) is 3.69. The van der Waals surface area contributed by atoms with Crippen molar-refractivity contribution in [1.29, 1.82) is 0 Å². The van der Waals surface area contributed by atoms with Crippen LogP contribution in [0, 0.1) is 10.1 Å². The molecule has 0 aliphatic rings. The van der Waals surface area contributed by atoms with E-state index in [1.54, 1.807) is 11.3 Å². The van der Waals surface area contributed by atoms with Crippen LogP contribution in [-0.4, -0.2) is 22.4 Å². The van der Waals surface area contributed by atoms with Gasteiger partial charge in [-0.05, 0) is 12.1 Å². The van der Waals surface area contributed by atoms with Gasteiger partial charge in [-0.3, -0.25) is 14.9 Å². The van der Waals surface area contributed by atoms with Crippen molar-refractivity contribution in [3.63, 3.8) is 0 Å². The molecule has 1 N–H and O–H groups in total. The Kier molecular flexibility index (Phi) is 5.15. The van der Waals surface area contributed by atoms with E-state index in [0.717, 1.165) is 16.3 Å². The third-order valence-corrected chi connectivity index (χ3v) is 4.52. The number of nitro groups is 1. The van der Waals surface area contributed by atoms with Gasteiger partial charge in [0.15, 0.2) is 0 Å². The smallest absolute Gasteiger partial charge is 0.269 e. The third-order valence-electron chi connectivity index (χ3n) is 3.58. The molecule has 0 fully saturated rings. The third kappa shape index (κ3) is 4.27. The Bertz CT molecular complexity index is 876. The van der Waals surface area contributed by atoms with Crippen LogP contribution in [0.3, 0.4) is 0 Å². The van der Waals surface area contributed by atoms with Crippen molar-refractivity contribution in [3.8, 4) is 10.6 Å². The van der Waals surface area contributed by atoms with Gasteiger partial charge in [0.25, 0.3) is 11.6 Å². The van der Waals surface area contributed by atoms with E-state index >= 15 is 0 Å². The number of carbonyl (C=O) groups is 1. The largest absolute Gasteiger partial charge is 0.352 e. The summed E-state index contributed by atoms with van der Waals surface area (Å²) in [7, 11) is 0. The highest BCUT2D eigenvalue weighted by molar-refractivity contribution is 7.13. The van der Waals surface area contributed by atoms with Gasteiger partial charge in [0.1, 0.15) is 5.01 Å². The van der Waals surface area contributed by atoms with Crippen LogP contribution in [0.25, 0.3) is 10.6 Å². The molecule has 0 atom stereocenters. The summed E-state index contributed by atoms with van der Waals surface area (Å²) < 4.78 is 0. The van der Waals surface area contributed by atoms with Crippen LogP contribution >= 0.6 is 11.3 Å². The Hall–Kier alpha value is -3.06. The molecule has 1 amide bonds. The van der Waals surface area contributed by atoms with Crippen LogP contribution in [0.2, 0.25) is 0 Å². The van der Waals surface area contributed by atoms with Gasteiger partial charge in [-0.2, -0.15) is 0 Å². The lowest BCUT2D eigenvalue weighted by molar-refractivity contribution is -0.384. The number of benzene rings is 2. The van der Waals surface area contributed by atoms with Gasteiger partial charge >= 0.3 is 0 Å². The molecule has 0 spiro atoms. The molecule has 2 aromatic carbocycles. The van der Waals surface area contributed by atoms with E-state index in [9.17, 15) is 14.9 Å². The molecule has 7 heteroatoms. The van der Waals surface area contributed by atoms with E-state index < -0.39 is 4.92 Å². The maximum atomic E-state index is 12.0. The van der Waals surface area contributed by atoms with Gasteiger partial charge in [0, 0.05) is 41.6 Å². The molecule has 0 aliphatic carbocycles. The number of nitro benzene ring substituents is 1. The highest BCUT2D eigenvalue weighted by atomic mass is 32.1. The fourth-order valence-corrected chi connectivity index (χ4v) is 3.14. The molecule has 3 aromatic rings. The molecule has 3 rings (SSSR count). The van der Waals surface area contributed by atoms with Crippen molar-refractivity contribution < 1.29 is 9.72 Å². The fraction of sp³-hybridized carbons (Fsp3) is 0.111. The minimum atomic E-state index is -0.492. The average molecular weight is 353 g/mol. The van der Waals surface area contributed by atoms with Crippen LogP contribution in [0.4, 0.5) is 5.69 Å². The Morgan fingerprint density at radius 3 is 2.52 bits per heavy atom. The number of hydrogen-bond acceptors (Lipinski definition) is 5. The maximum absolute atomic E-state index is 12.0. The first kappa shape index (κ1) is 16.8. The molecule has 1 aromatic heterocycles. The predicted molar refractivity (Wildman–Crippen MR) is 96.7 cm³/mol. The Balaban J connectivity index is 1.53. The lowest BCUT2D eigenvalue weighted by atomic mass is 10.2. The quantitative estimate of drug-likeness (QED) is 0.541. The Morgan fingerprint density at radius 2 is 1.84 bits per heavy atom. The molecule has 0 saturated heterocycles. The van der Waals surface area contributed by atoms with Crippen LogP contribution in [-0.2, 0) is 6.42 Å². The van der Waals surface area contributed by atoms with Gasteiger partial charge in [0.2, 0.25) is 0 Å². The summed E-state index contributed by atoms with van der Waals surface area (Å²) in [5, 5.41) is 16.4. The van der Waals surface area contributed by atoms with E-state index in [4.69, 9.17) is 0 Å². The fourth-order valence-electron chi connectivity index (χ4n) is 2.28. The summed E-state index contributed by atoms with van der Waals surface area (Å²) in [6, 6.07) is 15.5. The Morgan fingerprint density at radius 1 is 1.12 bits per heavy atom. The van der Waals surface area contributed by atoms with Crippen molar-refractivity contribution in [3.05, 3.63) is 81.3 Å². The minimum absolute atomic E-state index is 0.0348. The number of amides is 1. The summed E-state index contributed by atoms with van der Waals surface area (Å²) in [4.78, 5) is 26.7. The number of thiazole rings is 1. The lowest BCUT2D eigenvalue weighted by Crippen LogP contribution is -2.25. The van der Waals surface area contributed by atoms with Crippen LogP contribution < -0.4 is 5.32 Å². The summed E-state index contributed by atoms with van der Waals surface area (Å²) in [5.41, 5.74) is 2.36. The van der Waals surface area contributed by atoms with Gasteiger partial charge in [0.05, 0.1) is 10.6 Å². The molecule has 0 aliphatic heterocycles. The van der Waals surface area contributed by atoms with E-state index in [-0.39, 0.29) is 11.6 Å². The highest BCUT2D eigenvalue weighted by Crippen LogP contribution is 2.23. The molecule has 126 valence electrons. The molecule has 0 bridgehead atoms. The zero-order chi connectivity index (χ0) is 17.6. The normalized spacial score (nSPS) is 10.4. The first-order chi connectivity index (χ1) is 12.1. The van der Waals surface area contributed by atoms with Crippen LogP contribution in [0.15, 0.2) is 60.0 Å². The molecular weight excluding hydrogens is 338 g/mol. The molecule has 6 nitrogen and oxygen atoms in total. The van der Waals surface area contributed by atoms with Gasteiger partial charge in [-0.15, -0.1) is 11.3 Å². The van der Waals surface area contributed by atoms with E-state index in [1.165, 1.54) is 24.3 Å². The first-order valence-electron chi connectivity index (χ1n) is 7.66. The molecule has 0 saturated carbocycles. The number of hydrogen-bond donors (Lipinski definition) is 1.